The van der Waals surface area contributed by atoms with Gasteiger partial charge in [0.2, 0.25) is 0 Å². The Morgan fingerprint density at radius 2 is 1.88 bits per heavy atom. The molecule has 2 unspecified atom stereocenters. The predicted octanol–water partition coefficient (Wildman–Crippen LogP) is 0.968. The molecule has 0 saturated heterocycles. The molecule has 4 nitrogen and oxygen atoms in total. The third-order valence-corrected chi connectivity index (χ3v) is 2.94. The van der Waals surface area contributed by atoms with Crippen molar-refractivity contribution in [1.82, 2.24) is 10.2 Å². The van der Waals surface area contributed by atoms with Gasteiger partial charge in [-0.15, -0.1) is 0 Å². The fraction of sp³-hybridized carbons (Fsp3) is 1.00. The van der Waals surface area contributed by atoms with Gasteiger partial charge >= 0.3 is 0 Å². The van der Waals surface area contributed by atoms with Crippen molar-refractivity contribution in [3.8, 4) is 0 Å². The monoisotopic (exact) mass is 232 g/mol. The van der Waals surface area contributed by atoms with Crippen LogP contribution in [0.2, 0.25) is 0 Å². The maximum absolute atomic E-state index is 5.25. The highest BCUT2D eigenvalue weighted by atomic mass is 16.5. The van der Waals surface area contributed by atoms with E-state index in [1.54, 1.807) is 14.2 Å². The molecular weight excluding hydrogens is 204 g/mol. The largest absolute Gasteiger partial charge is 0.383 e. The zero-order valence-electron chi connectivity index (χ0n) is 11.5. The molecule has 0 heterocycles. The zero-order valence-corrected chi connectivity index (χ0v) is 11.5. The summed E-state index contributed by atoms with van der Waals surface area (Å²) in [5.74, 6) is 0. The SMILES string of the molecule is COCCN(C)CCCNC(C)C(C)OC. The number of nitrogens with zero attached hydrogens (tertiary/aromatic N) is 1. The number of hydrogen-bond acceptors (Lipinski definition) is 4. The van der Waals surface area contributed by atoms with Gasteiger partial charge in [-0.05, 0) is 40.4 Å². The smallest absolute Gasteiger partial charge is 0.0693 e. The van der Waals surface area contributed by atoms with Gasteiger partial charge in [-0.2, -0.15) is 0 Å². The molecule has 0 aromatic rings. The Morgan fingerprint density at radius 1 is 1.19 bits per heavy atom. The van der Waals surface area contributed by atoms with Crippen LogP contribution in [-0.4, -0.2) is 64.6 Å². The first-order valence-electron chi connectivity index (χ1n) is 6.05. The summed E-state index contributed by atoms with van der Waals surface area (Å²) in [6.45, 7) is 8.18. The average molecular weight is 232 g/mol. The molecule has 0 aromatic heterocycles. The van der Waals surface area contributed by atoms with Crippen LogP contribution in [0.4, 0.5) is 0 Å². The molecule has 0 bridgehead atoms. The van der Waals surface area contributed by atoms with Crippen LogP contribution in [0.5, 0.6) is 0 Å². The number of hydrogen-bond donors (Lipinski definition) is 1. The fourth-order valence-corrected chi connectivity index (χ4v) is 1.41. The van der Waals surface area contributed by atoms with Gasteiger partial charge in [0.25, 0.3) is 0 Å². The van der Waals surface area contributed by atoms with E-state index in [-0.39, 0.29) is 6.10 Å². The standard InChI is InChI=1S/C12H28N2O2/c1-11(12(2)16-5)13-7-6-8-14(3)9-10-15-4/h11-13H,6-10H2,1-5H3. The lowest BCUT2D eigenvalue weighted by atomic mass is 10.2. The number of methoxy groups -OCH3 is 2. The molecule has 0 aromatic carbocycles. The first-order valence-corrected chi connectivity index (χ1v) is 6.05. The molecule has 0 saturated carbocycles. The minimum Gasteiger partial charge on any atom is -0.383 e. The Balaban J connectivity index is 3.38. The third kappa shape index (κ3) is 8.05. The van der Waals surface area contributed by atoms with E-state index in [0.717, 1.165) is 32.7 Å². The first-order chi connectivity index (χ1) is 7.61. The van der Waals surface area contributed by atoms with Crippen LogP contribution >= 0.6 is 0 Å². The second-order valence-electron chi connectivity index (χ2n) is 4.33. The zero-order chi connectivity index (χ0) is 12.4. The summed E-state index contributed by atoms with van der Waals surface area (Å²) in [5, 5.41) is 3.46. The first kappa shape index (κ1) is 15.8. The predicted molar refractivity (Wildman–Crippen MR) is 67.9 cm³/mol. The van der Waals surface area contributed by atoms with Crippen molar-refractivity contribution in [1.29, 1.82) is 0 Å². The number of rotatable bonds is 10. The molecule has 0 spiro atoms. The average Bonchev–Trinajstić information content (AvgIpc) is 2.30. The van der Waals surface area contributed by atoms with Gasteiger partial charge in [-0.1, -0.05) is 0 Å². The molecule has 98 valence electrons. The van der Waals surface area contributed by atoms with Gasteiger partial charge < -0.3 is 19.7 Å². The highest BCUT2D eigenvalue weighted by Gasteiger charge is 2.09. The molecule has 0 radical (unpaired) electrons. The van der Waals surface area contributed by atoms with Crippen LogP contribution in [0.3, 0.4) is 0 Å². The Kier molecular flexibility index (Phi) is 9.92. The van der Waals surface area contributed by atoms with E-state index >= 15 is 0 Å². The molecule has 0 fully saturated rings. The summed E-state index contributed by atoms with van der Waals surface area (Å²) in [6, 6.07) is 0.411. The summed E-state index contributed by atoms with van der Waals surface area (Å²) >= 11 is 0. The summed E-state index contributed by atoms with van der Waals surface area (Å²) in [7, 11) is 5.62. The van der Waals surface area contributed by atoms with Gasteiger partial charge in [0, 0.05) is 26.8 Å². The quantitative estimate of drug-likeness (QED) is 0.569. The summed E-state index contributed by atoms with van der Waals surface area (Å²) in [4.78, 5) is 2.29. The van der Waals surface area contributed by atoms with Gasteiger partial charge in [0.1, 0.15) is 0 Å². The maximum Gasteiger partial charge on any atom is 0.0693 e. The molecule has 16 heavy (non-hydrogen) atoms. The molecule has 0 rings (SSSR count). The van der Waals surface area contributed by atoms with Crippen LogP contribution in [-0.2, 0) is 9.47 Å². The lowest BCUT2D eigenvalue weighted by Crippen LogP contribution is -2.38. The second kappa shape index (κ2) is 10.0. The van der Waals surface area contributed by atoms with E-state index in [2.05, 4.69) is 31.1 Å². The van der Waals surface area contributed by atoms with E-state index < -0.39 is 0 Å². The molecule has 2 atom stereocenters. The van der Waals surface area contributed by atoms with Crippen molar-refractivity contribution in [2.75, 3.05) is 47.5 Å². The van der Waals surface area contributed by atoms with Crippen LogP contribution in [0.15, 0.2) is 0 Å². The van der Waals surface area contributed by atoms with E-state index in [9.17, 15) is 0 Å². The van der Waals surface area contributed by atoms with Gasteiger partial charge in [0.05, 0.1) is 12.7 Å². The Hall–Kier alpha value is -0.160. The van der Waals surface area contributed by atoms with E-state index in [1.807, 2.05) is 0 Å². The minimum atomic E-state index is 0.270. The van der Waals surface area contributed by atoms with Gasteiger partial charge in [-0.3, -0.25) is 0 Å². The molecule has 0 aliphatic carbocycles. The molecular formula is C12H28N2O2. The Morgan fingerprint density at radius 3 is 2.44 bits per heavy atom. The van der Waals surface area contributed by atoms with Crippen molar-refractivity contribution >= 4 is 0 Å². The van der Waals surface area contributed by atoms with E-state index in [4.69, 9.17) is 9.47 Å². The summed E-state index contributed by atoms with van der Waals surface area (Å²) < 4.78 is 10.3. The number of ether oxygens (including phenoxy) is 2. The minimum absolute atomic E-state index is 0.270. The topological polar surface area (TPSA) is 33.7 Å². The van der Waals surface area contributed by atoms with Crippen LogP contribution < -0.4 is 5.32 Å². The lowest BCUT2D eigenvalue weighted by Gasteiger charge is -2.21. The van der Waals surface area contributed by atoms with Crippen molar-refractivity contribution in [3.63, 3.8) is 0 Å². The lowest BCUT2D eigenvalue weighted by molar-refractivity contribution is 0.0883. The third-order valence-electron chi connectivity index (χ3n) is 2.94. The fourth-order valence-electron chi connectivity index (χ4n) is 1.41. The van der Waals surface area contributed by atoms with E-state index in [0.29, 0.717) is 6.04 Å². The Labute approximate surface area is 100 Å². The highest BCUT2D eigenvalue weighted by molar-refractivity contribution is 4.68. The van der Waals surface area contributed by atoms with Crippen LogP contribution in [0, 0.1) is 0 Å². The van der Waals surface area contributed by atoms with Crippen LogP contribution in [0.25, 0.3) is 0 Å². The summed E-state index contributed by atoms with van der Waals surface area (Å²) in [5.41, 5.74) is 0. The molecule has 0 aliphatic heterocycles. The number of likely N-dealkylation sites (N-methyl/N-ethyl adjacent to an activating group) is 1. The number of nitrogens with one attached hydrogen (secondary N) is 1. The highest BCUT2D eigenvalue weighted by Crippen LogP contribution is 1.96. The van der Waals surface area contributed by atoms with Crippen LogP contribution in [0.1, 0.15) is 20.3 Å². The normalized spacial score (nSPS) is 15.4. The summed E-state index contributed by atoms with van der Waals surface area (Å²) in [6.07, 6.45) is 1.42. The van der Waals surface area contributed by atoms with Crippen molar-refractivity contribution in [2.24, 2.45) is 0 Å². The second-order valence-corrected chi connectivity index (χ2v) is 4.33. The van der Waals surface area contributed by atoms with E-state index in [1.165, 1.54) is 0 Å². The molecule has 1 N–H and O–H groups in total. The maximum atomic E-state index is 5.25. The van der Waals surface area contributed by atoms with Gasteiger partial charge in [0.15, 0.2) is 0 Å². The van der Waals surface area contributed by atoms with Crippen molar-refractivity contribution < 1.29 is 9.47 Å². The van der Waals surface area contributed by atoms with Crippen molar-refractivity contribution in [2.45, 2.75) is 32.4 Å². The Bertz CT molecular complexity index is 156. The molecule has 0 aliphatic rings. The molecule has 4 heteroatoms. The van der Waals surface area contributed by atoms with Gasteiger partial charge in [-0.25, -0.2) is 0 Å². The van der Waals surface area contributed by atoms with Crippen molar-refractivity contribution in [3.05, 3.63) is 0 Å². The molecule has 0 amide bonds.